The minimum Gasteiger partial charge on any atom is -0.507 e. The summed E-state index contributed by atoms with van der Waals surface area (Å²) in [7, 11) is -3.11. The van der Waals surface area contributed by atoms with Gasteiger partial charge >= 0.3 is 7.60 Å². The van der Waals surface area contributed by atoms with Gasteiger partial charge < -0.3 is 34.5 Å². The van der Waals surface area contributed by atoms with E-state index in [-0.39, 0.29) is 23.7 Å². The lowest BCUT2D eigenvalue weighted by Crippen LogP contribution is -2.28. The van der Waals surface area contributed by atoms with E-state index in [1.165, 1.54) is 36.6 Å². The molecule has 0 bridgehead atoms. The summed E-state index contributed by atoms with van der Waals surface area (Å²) in [4.78, 5) is 23.6. The zero-order valence-electron chi connectivity index (χ0n) is 18.8. The molecule has 0 unspecified atom stereocenters. The molecular weight excluding hydrogens is 491 g/mol. The van der Waals surface area contributed by atoms with E-state index in [4.69, 9.17) is 14.1 Å². The van der Waals surface area contributed by atoms with Crippen LogP contribution in [0.5, 0.6) is 11.5 Å². The molecule has 4 aromatic rings. The molecule has 1 fully saturated rings. The summed E-state index contributed by atoms with van der Waals surface area (Å²) >= 11 is 1.49. The van der Waals surface area contributed by atoms with Crippen LogP contribution in [0, 0.1) is 0 Å². The lowest BCUT2D eigenvalue weighted by molar-refractivity contribution is 0.126. The van der Waals surface area contributed by atoms with Crippen LogP contribution >= 0.6 is 18.9 Å². The minimum absolute atomic E-state index is 0.0101. The Morgan fingerprint density at radius 3 is 2.54 bits per heavy atom. The van der Waals surface area contributed by atoms with Crippen molar-refractivity contribution < 1.29 is 33.7 Å². The minimum atomic E-state index is -4.55. The fraction of sp³-hybridized carbons (Fsp3) is 0.292. The number of ether oxygens (including phenoxy) is 1. The van der Waals surface area contributed by atoms with Crippen LogP contribution in [0.1, 0.15) is 25.7 Å². The molecule has 1 aliphatic rings. The van der Waals surface area contributed by atoms with E-state index >= 15 is 0 Å². The largest absolute Gasteiger partial charge is 0.507 e. The van der Waals surface area contributed by atoms with E-state index in [1.807, 2.05) is 18.2 Å². The Morgan fingerprint density at radius 2 is 1.86 bits per heavy atom. The van der Waals surface area contributed by atoms with Crippen LogP contribution in [0.15, 0.2) is 46.9 Å². The first-order valence-electron chi connectivity index (χ1n) is 11.1. The van der Waals surface area contributed by atoms with Crippen LogP contribution < -0.4 is 15.6 Å². The van der Waals surface area contributed by atoms with Crippen molar-refractivity contribution in [2.24, 2.45) is 0 Å². The third-order valence-electron chi connectivity index (χ3n) is 6.19. The Balaban J connectivity index is 1.55. The van der Waals surface area contributed by atoms with Gasteiger partial charge in [-0.25, -0.2) is 4.98 Å². The van der Waals surface area contributed by atoms with E-state index in [1.54, 1.807) is 6.07 Å². The summed E-state index contributed by atoms with van der Waals surface area (Å²) in [5.41, 5.74) is 2.05. The molecular formula is C24H25N2O7PS. The Morgan fingerprint density at radius 1 is 1.09 bits per heavy atom. The Kier molecular flexibility index (Phi) is 6.33. The van der Waals surface area contributed by atoms with Crippen LogP contribution in [0.2, 0.25) is 0 Å². The number of nitrogens with zero attached hydrogens (tertiary/aromatic N) is 1. The number of rotatable bonds is 6. The first kappa shape index (κ1) is 23.8. The molecule has 184 valence electrons. The normalized spacial score (nSPS) is 18.6. The topological polar surface area (TPSA) is 145 Å². The van der Waals surface area contributed by atoms with Gasteiger partial charge in [-0.2, -0.15) is 0 Å². The van der Waals surface area contributed by atoms with Crippen LogP contribution in [0.4, 0.5) is 5.13 Å². The van der Waals surface area contributed by atoms with E-state index in [0.29, 0.717) is 16.9 Å². The predicted octanol–water partition coefficient (Wildman–Crippen LogP) is 4.46. The molecule has 2 aromatic carbocycles. The summed E-state index contributed by atoms with van der Waals surface area (Å²) in [6.07, 6.45) is 3.08. The summed E-state index contributed by atoms with van der Waals surface area (Å²) in [5.74, 6) is 0.500. The number of phenolic OH excluding ortho intramolecular Hbond substituents is 1. The van der Waals surface area contributed by atoms with E-state index in [9.17, 15) is 24.6 Å². The van der Waals surface area contributed by atoms with Crippen LogP contribution in [-0.4, -0.2) is 44.2 Å². The third kappa shape index (κ3) is 4.80. The van der Waals surface area contributed by atoms with Gasteiger partial charge in [-0.05, 0) is 49.9 Å². The smallest absolute Gasteiger partial charge is 0.391 e. The fourth-order valence-electron chi connectivity index (χ4n) is 4.39. The molecule has 1 saturated carbocycles. The zero-order valence-corrected chi connectivity index (χ0v) is 20.6. The first-order chi connectivity index (χ1) is 16.7. The number of anilines is 1. The van der Waals surface area contributed by atoms with Gasteiger partial charge in [0.15, 0.2) is 5.13 Å². The molecule has 11 heteroatoms. The molecule has 35 heavy (non-hydrogen) atoms. The Bertz CT molecular complexity index is 1420. The van der Waals surface area contributed by atoms with E-state index < -0.39 is 13.1 Å². The van der Waals surface area contributed by atoms with Crippen molar-refractivity contribution in [2.45, 2.75) is 37.8 Å². The highest BCUT2D eigenvalue weighted by atomic mass is 32.1. The predicted molar refractivity (Wildman–Crippen MR) is 135 cm³/mol. The second-order valence-corrected chi connectivity index (χ2v) is 11.1. The van der Waals surface area contributed by atoms with Crippen LogP contribution in [-0.2, 0) is 4.57 Å². The number of benzene rings is 2. The number of aromatic nitrogens is 1. The molecule has 2 aromatic heterocycles. The van der Waals surface area contributed by atoms with Gasteiger partial charge in [0.2, 0.25) is 5.50 Å². The zero-order chi connectivity index (χ0) is 24.7. The number of furan rings is 1. The fourth-order valence-corrected chi connectivity index (χ4v) is 5.95. The number of phenols is 1. The highest BCUT2D eigenvalue weighted by molar-refractivity contribution is 7.59. The van der Waals surface area contributed by atoms with Crippen molar-refractivity contribution in [3.05, 3.63) is 42.5 Å². The summed E-state index contributed by atoms with van der Waals surface area (Å²) in [5, 5.41) is 24.9. The average molecular weight is 517 g/mol. The molecule has 5 N–H and O–H groups in total. The van der Waals surface area contributed by atoms with Gasteiger partial charge in [0.1, 0.15) is 17.3 Å². The number of aliphatic hydroxyl groups excluding tert-OH is 1. The monoisotopic (exact) mass is 516 g/mol. The van der Waals surface area contributed by atoms with Crippen molar-refractivity contribution in [3.63, 3.8) is 0 Å². The highest BCUT2D eigenvalue weighted by Crippen LogP contribution is 2.45. The van der Waals surface area contributed by atoms with Gasteiger partial charge in [0, 0.05) is 23.2 Å². The van der Waals surface area contributed by atoms with Gasteiger partial charge in [-0.1, -0.05) is 23.5 Å². The number of fused-ring (bicyclic) bond motifs is 1. The number of hydrogen-bond donors (Lipinski definition) is 5. The average Bonchev–Trinajstić information content (AvgIpc) is 3.47. The van der Waals surface area contributed by atoms with Crippen molar-refractivity contribution in [3.8, 4) is 33.9 Å². The summed E-state index contributed by atoms with van der Waals surface area (Å²) < 4.78 is 23.3. The van der Waals surface area contributed by atoms with Crippen molar-refractivity contribution in [1.29, 1.82) is 0 Å². The molecule has 0 atom stereocenters. The molecule has 2 heterocycles. The van der Waals surface area contributed by atoms with Crippen molar-refractivity contribution in [2.75, 3.05) is 12.4 Å². The molecule has 0 aliphatic heterocycles. The first-order valence-corrected chi connectivity index (χ1v) is 13.6. The summed E-state index contributed by atoms with van der Waals surface area (Å²) in [6.45, 7) is 0. The lowest BCUT2D eigenvalue weighted by atomic mass is 9.93. The molecule has 5 rings (SSSR count). The SMILES string of the molecule is COc1cc(O)c(-c2cccc3nc(NC4CCC(O)CC4)sc23)cc1-c1ccc(P(=O)(O)O)o1. The number of thiazole rings is 1. The maximum absolute atomic E-state index is 11.6. The quantitative estimate of drug-likeness (QED) is 0.235. The second-order valence-electron chi connectivity index (χ2n) is 8.57. The standard InChI is InChI=1S/C24H25N2O7PS/c1-32-21-12-19(28)16(11-17(21)20-9-10-22(33-20)34(29,30)31)15-3-2-4-18-23(15)35-24(26-18)25-13-5-7-14(27)8-6-13/h2-4,9-14,27-28H,5-8H2,1H3,(H,25,26)(H2,29,30,31). The molecule has 1 aliphatic carbocycles. The lowest BCUT2D eigenvalue weighted by Gasteiger charge is -2.25. The van der Waals surface area contributed by atoms with Gasteiger partial charge in [0.25, 0.3) is 0 Å². The van der Waals surface area contributed by atoms with Gasteiger partial charge in [-0.3, -0.25) is 4.57 Å². The van der Waals surface area contributed by atoms with Crippen molar-refractivity contribution >= 4 is 39.8 Å². The summed E-state index contributed by atoms with van der Waals surface area (Å²) in [6, 6.07) is 11.7. The third-order valence-corrected chi connectivity index (χ3v) is 8.04. The van der Waals surface area contributed by atoms with Crippen LogP contribution in [0.3, 0.4) is 0 Å². The Labute approximate surface area is 205 Å². The molecule has 0 amide bonds. The molecule has 9 nitrogen and oxygen atoms in total. The molecule has 0 saturated heterocycles. The number of methoxy groups -OCH3 is 1. The van der Waals surface area contributed by atoms with Gasteiger partial charge in [0.05, 0.1) is 29.0 Å². The second kappa shape index (κ2) is 9.29. The van der Waals surface area contributed by atoms with Crippen molar-refractivity contribution in [1.82, 2.24) is 4.98 Å². The number of aromatic hydroxyl groups is 1. The maximum Gasteiger partial charge on any atom is 0.391 e. The molecule has 0 spiro atoms. The Hall–Kier alpha value is -2.88. The van der Waals surface area contributed by atoms with Crippen LogP contribution in [0.25, 0.3) is 32.7 Å². The highest BCUT2D eigenvalue weighted by Gasteiger charge is 2.25. The van der Waals surface area contributed by atoms with Gasteiger partial charge in [-0.15, -0.1) is 0 Å². The number of aliphatic hydroxyl groups is 1. The van der Waals surface area contributed by atoms with E-state index in [2.05, 4.69) is 5.32 Å². The number of nitrogens with one attached hydrogen (secondary N) is 1. The maximum atomic E-state index is 11.6. The number of hydrogen-bond acceptors (Lipinski definition) is 8. The molecule has 0 radical (unpaired) electrons. The van der Waals surface area contributed by atoms with E-state index in [0.717, 1.165) is 46.6 Å².